The van der Waals surface area contributed by atoms with Gasteiger partial charge in [0.15, 0.2) is 0 Å². The molecule has 1 aliphatic rings. The molecule has 2 heteroatoms. The van der Waals surface area contributed by atoms with Crippen molar-refractivity contribution >= 4 is 5.71 Å². The van der Waals surface area contributed by atoms with Gasteiger partial charge in [-0.3, -0.25) is 0 Å². The average Bonchev–Trinajstić information content (AvgIpc) is 2.72. The standard InChI is InChI=1S/C13H17NO.2C2H6/c1-10-12(14-15-13(10,2)3)9-11-7-5-4-6-8-11;2*1-2/h4-8,10H,9H2,1-3H3;2*1-2H3. The van der Waals surface area contributed by atoms with Crippen LogP contribution < -0.4 is 0 Å². The largest absolute Gasteiger partial charge is 0.389 e. The van der Waals surface area contributed by atoms with E-state index in [0.29, 0.717) is 5.92 Å². The zero-order valence-electron chi connectivity index (χ0n) is 13.5. The highest BCUT2D eigenvalue weighted by molar-refractivity contribution is 5.90. The van der Waals surface area contributed by atoms with E-state index < -0.39 is 0 Å². The Morgan fingerprint density at radius 1 is 1.05 bits per heavy atom. The summed E-state index contributed by atoms with van der Waals surface area (Å²) in [5, 5.41) is 4.18. The molecule has 1 aromatic rings. The van der Waals surface area contributed by atoms with Gasteiger partial charge in [-0.15, -0.1) is 0 Å². The van der Waals surface area contributed by atoms with Crippen LogP contribution in [-0.4, -0.2) is 11.3 Å². The normalized spacial score (nSPS) is 19.1. The van der Waals surface area contributed by atoms with Gasteiger partial charge in [0, 0.05) is 12.3 Å². The maximum absolute atomic E-state index is 5.43. The van der Waals surface area contributed by atoms with Crippen molar-refractivity contribution in [2.75, 3.05) is 0 Å². The van der Waals surface area contributed by atoms with Gasteiger partial charge in [-0.2, -0.15) is 0 Å². The van der Waals surface area contributed by atoms with Crippen LogP contribution in [0.25, 0.3) is 0 Å². The molecule has 1 unspecified atom stereocenters. The second-order valence-electron chi connectivity index (χ2n) is 4.66. The summed E-state index contributed by atoms with van der Waals surface area (Å²) in [6.07, 6.45) is 0.894. The van der Waals surface area contributed by atoms with Crippen LogP contribution in [0.5, 0.6) is 0 Å². The third kappa shape index (κ3) is 5.06. The molecule has 2 nitrogen and oxygen atoms in total. The number of nitrogens with zero attached hydrogens (tertiary/aromatic N) is 1. The van der Waals surface area contributed by atoms with E-state index in [1.807, 2.05) is 33.8 Å². The highest BCUT2D eigenvalue weighted by atomic mass is 16.7. The molecule has 0 radical (unpaired) electrons. The van der Waals surface area contributed by atoms with Crippen molar-refractivity contribution in [2.24, 2.45) is 11.1 Å². The molecule has 0 aromatic heterocycles. The topological polar surface area (TPSA) is 21.6 Å². The highest BCUT2D eigenvalue weighted by Crippen LogP contribution is 2.30. The van der Waals surface area contributed by atoms with E-state index in [1.165, 1.54) is 5.56 Å². The summed E-state index contributed by atoms with van der Waals surface area (Å²) in [6.45, 7) is 14.3. The molecule has 0 spiro atoms. The molecule has 0 fully saturated rings. The minimum Gasteiger partial charge on any atom is -0.389 e. The molecule has 108 valence electrons. The number of benzene rings is 1. The Balaban J connectivity index is 0.000000741. The van der Waals surface area contributed by atoms with Gasteiger partial charge in [-0.25, -0.2) is 0 Å². The van der Waals surface area contributed by atoms with Crippen molar-refractivity contribution < 1.29 is 4.84 Å². The fourth-order valence-electron chi connectivity index (χ4n) is 1.73. The number of oxime groups is 1. The lowest BCUT2D eigenvalue weighted by atomic mass is 9.87. The number of rotatable bonds is 2. The summed E-state index contributed by atoms with van der Waals surface area (Å²) in [7, 11) is 0. The Morgan fingerprint density at radius 3 is 2.00 bits per heavy atom. The molecule has 0 saturated carbocycles. The van der Waals surface area contributed by atoms with Crippen molar-refractivity contribution in [3.8, 4) is 0 Å². The van der Waals surface area contributed by atoms with Gasteiger partial charge in [-0.1, -0.05) is 70.1 Å². The van der Waals surface area contributed by atoms with Crippen LogP contribution in [-0.2, 0) is 11.3 Å². The molecule has 0 amide bonds. The van der Waals surface area contributed by atoms with Gasteiger partial charge in [0.1, 0.15) is 5.60 Å². The Labute approximate surface area is 118 Å². The van der Waals surface area contributed by atoms with E-state index in [4.69, 9.17) is 4.84 Å². The van der Waals surface area contributed by atoms with Crippen LogP contribution in [0.15, 0.2) is 35.5 Å². The lowest BCUT2D eigenvalue weighted by molar-refractivity contribution is -0.0102. The number of hydrogen-bond acceptors (Lipinski definition) is 2. The van der Waals surface area contributed by atoms with Gasteiger partial charge in [0.2, 0.25) is 0 Å². The minimum atomic E-state index is -0.149. The van der Waals surface area contributed by atoms with Crippen molar-refractivity contribution in [3.05, 3.63) is 35.9 Å². The molecular weight excluding hydrogens is 234 g/mol. The average molecular weight is 263 g/mol. The molecular formula is C17H29NO. The monoisotopic (exact) mass is 263 g/mol. The van der Waals surface area contributed by atoms with Crippen LogP contribution in [0.2, 0.25) is 0 Å². The molecule has 1 heterocycles. The summed E-state index contributed by atoms with van der Waals surface area (Å²) >= 11 is 0. The fourth-order valence-corrected chi connectivity index (χ4v) is 1.73. The maximum Gasteiger partial charge on any atom is 0.140 e. The number of hydrogen-bond donors (Lipinski definition) is 0. The van der Waals surface area contributed by atoms with Crippen molar-refractivity contribution in [3.63, 3.8) is 0 Å². The van der Waals surface area contributed by atoms with Crippen LogP contribution in [0.4, 0.5) is 0 Å². The Kier molecular flexibility index (Phi) is 8.13. The highest BCUT2D eigenvalue weighted by Gasteiger charge is 2.37. The van der Waals surface area contributed by atoms with Crippen molar-refractivity contribution in [1.82, 2.24) is 0 Å². The molecule has 1 atom stereocenters. The van der Waals surface area contributed by atoms with Crippen LogP contribution in [0.3, 0.4) is 0 Å². The van der Waals surface area contributed by atoms with Crippen molar-refractivity contribution in [2.45, 2.75) is 60.5 Å². The van der Waals surface area contributed by atoms with Gasteiger partial charge < -0.3 is 4.84 Å². The zero-order chi connectivity index (χ0) is 14.9. The van der Waals surface area contributed by atoms with Gasteiger partial charge in [0.05, 0.1) is 5.71 Å². The first-order chi connectivity index (χ1) is 9.09. The predicted molar refractivity (Wildman–Crippen MR) is 84.6 cm³/mol. The zero-order valence-corrected chi connectivity index (χ0v) is 13.5. The smallest absolute Gasteiger partial charge is 0.140 e. The SMILES string of the molecule is CC.CC.CC1C(Cc2ccccc2)=NOC1(C)C. The molecule has 2 rings (SSSR count). The minimum absolute atomic E-state index is 0.149. The molecule has 0 bridgehead atoms. The summed E-state index contributed by atoms with van der Waals surface area (Å²) in [5.74, 6) is 0.387. The maximum atomic E-state index is 5.43. The van der Waals surface area contributed by atoms with Crippen LogP contribution in [0, 0.1) is 5.92 Å². The molecule has 1 aromatic carbocycles. The second kappa shape index (κ2) is 8.73. The van der Waals surface area contributed by atoms with E-state index in [2.05, 4.69) is 50.2 Å². The molecule has 0 aliphatic carbocycles. The first-order valence-electron chi connectivity index (χ1n) is 7.38. The van der Waals surface area contributed by atoms with Crippen LogP contribution in [0.1, 0.15) is 54.0 Å². The Hall–Kier alpha value is -1.31. The first-order valence-corrected chi connectivity index (χ1v) is 7.38. The van der Waals surface area contributed by atoms with Crippen molar-refractivity contribution in [1.29, 1.82) is 0 Å². The summed E-state index contributed by atoms with van der Waals surface area (Å²) < 4.78 is 0. The second-order valence-corrected chi connectivity index (χ2v) is 4.66. The van der Waals surface area contributed by atoms with Crippen LogP contribution >= 0.6 is 0 Å². The lowest BCUT2D eigenvalue weighted by Crippen LogP contribution is -2.30. The van der Waals surface area contributed by atoms with Gasteiger partial charge in [0.25, 0.3) is 0 Å². The van der Waals surface area contributed by atoms with Gasteiger partial charge in [-0.05, 0) is 19.4 Å². The lowest BCUT2D eigenvalue weighted by Gasteiger charge is -2.21. The summed E-state index contributed by atoms with van der Waals surface area (Å²) in [4.78, 5) is 5.43. The van der Waals surface area contributed by atoms with E-state index >= 15 is 0 Å². The quantitative estimate of drug-likeness (QED) is 0.729. The Bertz CT molecular complexity index is 368. The van der Waals surface area contributed by atoms with E-state index in [9.17, 15) is 0 Å². The fraction of sp³-hybridized carbons (Fsp3) is 0.588. The predicted octanol–water partition coefficient (Wildman–Crippen LogP) is 5.08. The van der Waals surface area contributed by atoms with E-state index in [0.717, 1.165) is 12.1 Å². The summed E-state index contributed by atoms with van der Waals surface area (Å²) in [6, 6.07) is 10.4. The molecule has 0 N–H and O–H groups in total. The third-order valence-corrected chi connectivity index (χ3v) is 3.17. The summed E-state index contributed by atoms with van der Waals surface area (Å²) in [5.41, 5.74) is 2.29. The van der Waals surface area contributed by atoms with Gasteiger partial charge >= 0.3 is 0 Å². The molecule has 1 aliphatic heterocycles. The van der Waals surface area contributed by atoms with E-state index in [1.54, 1.807) is 0 Å². The molecule has 0 saturated heterocycles. The first kappa shape index (κ1) is 17.7. The third-order valence-electron chi connectivity index (χ3n) is 3.17. The van der Waals surface area contributed by atoms with E-state index in [-0.39, 0.29) is 5.60 Å². The molecule has 19 heavy (non-hydrogen) atoms. The Morgan fingerprint density at radius 2 is 1.58 bits per heavy atom.